The van der Waals surface area contributed by atoms with Crippen molar-refractivity contribution in [3.05, 3.63) is 51.4 Å². The van der Waals surface area contributed by atoms with Crippen LogP contribution in [0.25, 0.3) is 28.2 Å². The Morgan fingerprint density at radius 3 is 2.86 bits per heavy atom. The van der Waals surface area contributed by atoms with Crippen LogP contribution in [0.5, 0.6) is 11.5 Å². The van der Waals surface area contributed by atoms with Crippen LogP contribution in [0.3, 0.4) is 0 Å². The summed E-state index contributed by atoms with van der Waals surface area (Å²) >= 11 is 0. The molecule has 3 aromatic rings. The van der Waals surface area contributed by atoms with Crippen LogP contribution < -0.4 is 15.6 Å². The van der Waals surface area contributed by atoms with E-state index in [1.165, 1.54) is 0 Å². The van der Waals surface area contributed by atoms with Gasteiger partial charge in [-0.2, -0.15) is 0 Å². The number of pyridine rings is 1. The first-order chi connectivity index (χ1) is 13.9. The van der Waals surface area contributed by atoms with Gasteiger partial charge in [0.25, 0.3) is 5.56 Å². The molecule has 0 saturated carbocycles. The lowest BCUT2D eigenvalue weighted by Gasteiger charge is -2.13. The van der Waals surface area contributed by atoms with Crippen molar-refractivity contribution in [2.45, 2.75) is 19.9 Å². The Labute approximate surface area is 166 Å². The summed E-state index contributed by atoms with van der Waals surface area (Å²) in [5, 5.41) is 23.7. The van der Waals surface area contributed by atoms with Gasteiger partial charge in [0.15, 0.2) is 5.75 Å². The molecule has 0 spiro atoms. The molecule has 2 heterocycles. The molecule has 0 atom stereocenters. The molecule has 4 rings (SSSR count). The molecule has 4 N–H and O–H groups in total. The second-order valence-corrected chi connectivity index (χ2v) is 6.93. The van der Waals surface area contributed by atoms with Crippen molar-refractivity contribution in [2.24, 2.45) is 7.05 Å². The Morgan fingerprint density at radius 1 is 1.34 bits per heavy atom. The summed E-state index contributed by atoms with van der Waals surface area (Å²) in [5.74, 6) is -1.06. The molecule has 0 radical (unpaired) electrons. The second kappa shape index (κ2) is 7.14. The van der Waals surface area contributed by atoms with Gasteiger partial charge in [0.2, 0.25) is 5.75 Å². The van der Waals surface area contributed by atoms with Crippen molar-refractivity contribution in [2.75, 3.05) is 6.54 Å². The Balaban J connectivity index is 1.93. The summed E-state index contributed by atoms with van der Waals surface area (Å²) < 4.78 is 6.61. The molecule has 0 saturated heterocycles. The Bertz CT molecular complexity index is 1220. The van der Waals surface area contributed by atoms with Gasteiger partial charge < -0.3 is 29.8 Å². The number of aromatic amines is 1. The van der Waals surface area contributed by atoms with Gasteiger partial charge in [0.1, 0.15) is 0 Å². The molecule has 0 fully saturated rings. The first-order valence-electron chi connectivity index (χ1n) is 9.29. The van der Waals surface area contributed by atoms with E-state index in [-0.39, 0.29) is 0 Å². The molecule has 2 aromatic heterocycles. The van der Waals surface area contributed by atoms with Gasteiger partial charge in [0, 0.05) is 41.3 Å². The maximum absolute atomic E-state index is 12.4. The largest absolute Gasteiger partial charge is 0.511 e. The van der Waals surface area contributed by atoms with Crippen molar-refractivity contribution in [3.63, 3.8) is 0 Å². The predicted octanol–water partition coefficient (Wildman–Crippen LogP) is 2.97. The van der Waals surface area contributed by atoms with Crippen molar-refractivity contribution < 1.29 is 19.7 Å². The number of aromatic nitrogens is 2. The molecule has 1 aliphatic carbocycles. The highest BCUT2D eigenvalue weighted by Crippen LogP contribution is 2.39. The number of aryl methyl sites for hydroxylation is 1. The van der Waals surface area contributed by atoms with Gasteiger partial charge in [-0.3, -0.25) is 4.79 Å². The van der Waals surface area contributed by atoms with Crippen molar-refractivity contribution in [3.8, 4) is 22.8 Å². The van der Waals surface area contributed by atoms with Crippen molar-refractivity contribution in [1.29, 1.82) is 0 Å². The third kappa shape index (κ3) is 3.17. The number of hydrogen-bond donors (Lipinski definition) is 4. The average Bonchev–Trinajstić information content (AvgIpc) is 2.87. The van der Waals surface area contributed by atoms with Crippen LogP contribution in [-0.4, -0.2) is 32.5 Å². The van der Waals surface area contributed by atoms with E-state index < -0.39 is 23.2 Å². The molecule has 0 amide bonds. The summed E-state index contributed by atoms with van der Waals surface area (Å²) in [5.41, 5.74) is 3.93. The highest BCUT2D eigenvalue weighted by Gasteiger charge is 2.23. The van der Waals surface area contributed by atoms with Gasteiger partial charge >= 0.3 is 6.16 Å². The number of benzene rings is 1. The second-order valence-electron chi connectivity index (χ2n) is 6.93. The predicted molar refractivity (Wildman–Crippen MR) is 109 cm³/mol. The van der Waals surface area contributed by atoms with Crippen LogP contribution in [-0.2, 0) is 20.0 Å². The third-order valence-electron chi connectivity index (χ3n) is 5.19. The molecule has 0 unspecified atom stereocenters. The molecular weight excluding hydrogens is 374 g/mol. The fourth-order valence-corrected chi connectivity index (χ4v) is 3.76. The monoisotopic (exact) mass is 395 g/mol. The normalized spacial score (nSPS) is 12.5. The van der Waals surface area contributed by atoms with E-state index in [1.807, 2.05) is 31.3 Å². The number of nitrogens with one attached hydrogen (secondary N) is 2. The molecule has 29 heavy (non-hydrogen) atoms. The van der Waals surface area contributed by atoms with E-state index in [0.717, 1.165) is 40.8 Å². The van der Waals surface area contributed by atoms with E-state index in [1.54, 1.807) is 0 Å². The fraction of sp³-hybridized carbons (Fsp3) is 0.238. The number of hydrogen-bond acceptors (Lipinski definition) is 5. The summed E-state index contributed by atoms with van der Waals surface area (Å²) in [6.07, 6.45) is 2.46. The maximum Gasteiger partial charge on any atom is 0.511 e. The zero-order valence-electron chi connectivity index (χ0n) is 16.1. The molecular formula is C21H21N3O5. The molecule has 8 nitrogen and oxygen atoms in total. The zero-order chi connectivity index (χ0) is 20.7. The number of aromatic hydroxyl groups is 1. The lowest BCUT2D eigenvalue weighted by molar-refractivity contribution is 0.142. The third-order valence-corrected chi connectivity index (χ3v) is 5.19. The average molecular weight is 395 g/mol. The zero-order valence-corrected chi connectivity index (χ0v) is 16.1. The highest BCUT2D eigenvalue weighted by atomic mass is 16.7. The van der Waals surface area contributed by atoms with Gasteiger partial charge in [-0.1, -0.05) is 19.1 Å². The summed E-state index contributed by atoms with van der Waals surface area (Å²) in [6.45, 7) is 3.67. The number of ether oxygens (including phenoxy) is 1. The number of carbonyl (C=O) groups is 1. The summed E-state index contributed by atoms with van der Waals surface area (Å²) in [6, 6.07) is 6.11. The smallest absolute Gasteiger partial charge is 0.504 e. The maximum atomic E-state index is 12.4. The molecule has 1 aliphatic rings. The SMILES string of the molecule is CCNCc1cc2cc3c(cc2n1C)C=CCc1c-3[nH]c(=O)c(OC(=O)O)c1O. The lowest BCUT2D eigenvalue weighted by atomic mass is 9.99. The van der Waals surface area contributed by atoms with Crippen LogP contribution in [0.4, 0.5) is 4.79 Å². The van der Waals surface area contributed by atoms with E-state index in [2.05, 4.69) is 32.6 Å². The first kappa shape index (κ1) is 18.8. The van der Waals surface area contributed by atoms with Crippen molar-refractivity contribution in [1.82, 2.24) is 14.9 Å². The minimum atomic E-state index is -1.66. The van der Waals surface area contributed by atoms with Crippen molar-refractivity contribution >= 4 is 23.1 Å². The fourth-order valence-electron chi connectivity index (χ4n) is 3.76. The molecule has 0 bridgehead atoms. The topological polar surface area (TPSA) is 117 Å². The number of fused-ring (bicyclic) bond motifs is 4. The Morgan fingerprint density at radius 2 is 2.14 bits per heavy atom. The standard InChI is InChI=1S/C21H21N3O5/c1-3-22-10-13-7-12-8-15-11(9-16(12)24(13)2)5-4-6-14-17(15)23-20(26)19(18(14)25)29-21(27)28/h4-5,7-9,22H,3,6,10H2,1-2H3,(H,27,28)(H2,23,25,26). The van der Waals surface area contributed by atoms with Gasteiger partial charge in [-0.25, -0.2) is 4.79 Å². The first-order valence-corrected chi connectivity index (χ1v) is 9.29. The highest BCUT2D eigenvalue weighted by molar-refractivity contribution is 5.92. The van der Waals surface area contributed by atoms with E-state index in [4.69, 9.17) is 5.11 Å². The Kier molecular flexibility index (Phi) is 4.63. The minimum Gasteiger partial charge on any atom is -0.504 e. The van der Waals surface area contributed by atoms with Crippen LogP contribution >= 0.6 is 0 Å². The van der Waals surface area contributed by atoms with Crippen LogP contribution in [0.2, 0.25) is 0 Å². The van der Waals surface area contributed by atoms with Crippen LogP contribution in [0.1, 0.15) is 23.7 Å². The number of H-pyrrole nitrogens is 1. The molecule has 0 aliphatic heterocycles. The van der Waals surface area contributed by atoms with Gasteiger partial charge in [-0.15, -0.1) is 0 Å². The van der Waals surface area contributed by atoms with E-state index in [0.29, 0.717) is 17.7 Å². The lowest BCUT2D eigenvalue weighted by Crippen LogP contribution is -2.17. The number of allylic oxidation sites excluding steroid dienone is 1. The Hall–Kier alpha value is -3.52. The molecule has 150 valence electrons. The summed E-state index contributed by atoms with van der Waals surface area (Å²) in [4.78, 5) is 25.9. The van der Waals surface area contributed by atoms with E-state index >= 15 is 0 Å². The van der Waals surface area contributed by atoms with Gasteiger partial charge in [-0.05, 0) is 36.7 Å². The molecule has 1 aromatic carbocycles. The van der Waals surface area contributed by atoms with Crippen LogP contribution in [0.15, 0.2) is 29.1 Å². The summed E-state index contributed by atoms with van der Waals surface area (Å²) in [7, 11) is 2.01. The van der Waals surface area contributed by atoms with E-state index in [9.17, 15) is 14.7 Å². The number of carboxylic acid groups (broad SMARTS) is 1. The van der Waals surface area contributed by atoms with Gasteiger partial charge in [0.05, 0.1) is 5.69 Å². The number of rotatable bonds is 4. The number of nitrogens with zero attached hydrogens (tertiary/aromatic N) is 1. The minimum absolute atomic E-state index is 0.324. The molecule has 8 heteroatoms. The quantitative estimate of drug-likeness (QED) is 0.505. The van der Waals surface area contributed by atoms with Crippen LogP contribution in [0, 0.1) is 0 Å².